The maximum atomic E-state index is 12.6. The summed E-state index contributed by atoms with van der Waals surface area (Å²) in [5.41, 5.74) is -0.141. The molecule has 1 heterocycles. The molecular weight excluding hydrogens is 212 g/mol. The first-order chi connectivity index (χ1) is 8.03. The lowest BCUT2D eigenvalue weighted by Crippen LogP contribution is -2.43. The zero-order valence-corrected chi connectivity index (χ0v) is 12.0. The lowest BCUT2D eigenvalue weighted by Gasteiger charge is -2.33. The molecule has 3 nitrogen and oxygen atoms in total. The molecule has 17 heavy (non-hydrogen) atoms. The van der Waals surface area contributed by atoms with E-state index in [0.717, 1.165) is 51.9 Å². The van der Waals surface area contributed by atoms with E-state index in [1.807, 2.05) is 0 Å². The van der Waals surface area contributed by atoms with E-state index >= 15 is 0 Å². The molecule has 1 aliphatic heterocycles. The average molecular weight is 240 g/mol. The van der Waals surface area contributed by atoms with Crippen LogP contribution in [0.3, 0.4) is 0 Å². The molecule has 100 valence electrons. The van der Waals surface area contributed by atoms with Crippen molar-refractivity contribution in [2.24, 2.45) is 5.41 Å². The Bertz CT molecular complexity index is 255. The summed E-state index contributed by atoms with van der Waals surface area (Å²) in [5, 5.41) is 0. The van der Waals surface area contributed by atoms with E-state index in [9.17, 15) is 4.79 Å². The SMILES string of the molecule is CCCC(C)(CC)C(=O)N1CCCN(C)CC1. The Morgan fingerprint density at radius 1 is 1.18 bits per heavy atom. The molecule has 1 fully saturated rings. The van der Waals surface area contributed by atoms with Gasteiger partial charge >= 0.3 is 0 Å². The zero-order chi connectivity index (χ0) is 12.9. The number of hydrogen-bond acceptors (Lipinski definition) is 2. The highest BCUT2D eigenvalue weighted by molar-refractivity contribution is 5.82. The number of hydrogen-bond donors (Lipinski definition) is 0. The summed E-state index contributed by atoms with van der Waals surface area (Å²) in [7, 11) is 2.14. The van der Waals surface area contributed by atoms with Crippen LogP contribution in [0.4, 0.5) is 0 Å². The van der Waals surface area contributed by atoms with Gasteiger partial charge in [0.15, 0.2) is 0 Å². The minimum Gasteiger partial charge on any atom is -0.341 e. The minimum absolute atomic E-state index is 0.141. The van der Waals surface area contributed by atoms with Crippen LogP contribution in [0, 0.1) is 5.41 Å². The quantitative estimate of drug-likeness (QED) is 0.753. The first-order valence-electron chi connectivity index (χ1n) is 7.01. The van der Waals surface area contributed by atoms with E-state index in [4.69, 9.17) is 0 Å². The van der Waals surface area contributed by atoms with Gasteiger partial charge in [0.2, 0.25) is 5.91 Å². The van der Waals surface area contributed by atoms with Crippen molar-refractivity contribution in [3.8, 4) is 0 Å². The maximum absolute atomic E-state index is 12.6. The second-order valence-corrected chi connectivity index (χ2v) is 5.61. The largest absolute Gasteiger partial charge is 0.341 e. The Hall–Kier alpha value is -0.570. The minimum atomic E-state index is -0.141. The predicted octanol–water partition coefficient (Wildman–Crippen LogP) is 2.37. The Kier molecular flexibility index (Phi) is 5.44. The molecule has 0 spiro atoms. The summed E-state index contributed by atoms with van der Waals surface area (Å²) in [6.07, 6.45) is 4.15. The van der Waals surface area contributed by atoms with Crippen molar-refractivity contribution in [2.45, 2.75) is 46.5 Å². The fraction of sp³-hybridized carbons (Fsp3) is 0.929. The second-order valence-electron chi connectivity index (χ2n) is 5.61. The smallest absolute Gasteiger partial charge is 0.228 e. The third-order valence-corrected chi connectivity index (χ3v) is 4.11. The second kappa shape index (κ2) is 6.39. The molecular formula is C14H28N2O. The average Bonchev–Trinajstić information content (AvgIpc) is 2.53. The van der Waals surface area contributed by atoms with Crippen LogP contribution in [-0.2, 0) is 4.79 Å². The Balaban J connectivity index is 2.66. The summed E-state index contributed by atoms with van der Waals surface area (Å²) < 4.78 is 0. The van der Waals surface area contributed by atoms with Crippen LogP contribution in [0.25, 0.3) is 0 Å². The molecule has 1 atom stereocenters. The van der Waals surface area contributed by atoms with Crippen LogP contribution in [0.5, 0.6) is 0 Å². The molecule has 1 rings (SSSR count). The Morgan fingerprint density at radius 2 is 1.88 bits per heavy atom. The van der Waals surface area contributed by atoms with Crippen LogP contribution >= 0.6 is 0 Å². The fourth-order valence-corrected chi connectivity index (χ4v) is 2.62. The van der Waals surface area contributed by atoms with Crippen LogP contribution in [-0.4, -0.2) is 48.9 Å². The summed E-state index contributed by atoms with van der Waals surface area (Å²) in [5.74, 6) is 0.372. The maximum Gasteiger partial charge on any atom is 0.228 e. The third-order valence-electron chi connectivity index (χ3n) is 4.11. The van der Waals surface area contributed by atoms with Gasteiger partial charge in [0.05, 0.1) is 0 Å². The fourth-order valence-electron chi connectivity index (χ4n) is 2.62. The monoisotopic (exact) mass is 240 g/mol. The summed E-state index contributed by atoms with van der Waals surface area (Å²) in [4.78, 5) is 17.0. The molecule has 0 bridgehead atoms. The van der Waals surface area contributed by atoms with E-state index in [-0.39, 0.29) is 5.41 Å². The van der Waals surface area contributed by atoms with Crippen LogP contribution in [0.1, 0.15) is 46.5 Å². The van der Waals surface area contributed by atoms with Crippen molar-refractivity contribution in [2.75, 3.05) is 33.2 Å². The van der Waals surface area contributed by atoms with Gasteiger partial charge in [0, 0.05) is 25.0 Å². The Labute approximate surface area is 106 Å². The molecule has 1 unspecified atom stereocenters. The van der Waals surface area contributed by atoms with Crippen molar-refractivity contribution in [3.63, 3.8) is 0 Å². The highest BCUT2D eigenvalue weighted by Gasteiger charge is 2.34. The topological polar surface area (TPSA) is 23.6 Å². The normalized spacial score (nSPS) is 22.0. The highest BCUT2D eigenvalue weighted by atomic mass is 16.2. The highest BCUT2D eigenvalue weighted by Crippen LogP contribution is 2.30. The van der Waals surface area contributed by atoms with Crippen LogP contribution < -0.4 is 0 Å². The van der Waals surface area contributed by atoms with Gasteiger partial charge in [0.25, 0.3) is 0 Å². The van der Waals surface area contributed by atoms with Gasteiger partial charge in [-0.05, 0) is 32.9 Å². The van der Waals surface area contributed by atoms with E-state index in [2.05, 4.69) is 37.6 Å². The third kappa shape index (κ3) is 3.70. The van der Waals surface area contributed by atoms with Gasteiger partial charge in [-0.1, -0.05) is 27.2 Å². The zero-order valence-electron chi connectivity index (χ0n) is 12.0. The number of nitrogens with zero attached hydrogens (tertiary/aromatic N) is 2. The van der Waals surface area contributed by atoms with E-state index in [0.29, 0.717) is 5.91 Å². The number of carbonyl (C=O) groups excluding carboxylic acids is 1. The first kappa shape index (κ1) is 14.5. The van der Waals surface area contributed by atoms with Crippen LogP contribution in [0.2, 0.25) is 0 Å². The molecule has 0 aromatic carbocycles. The van der Waals surface area contributed by atoms with Gasteiger partial charge in [-0.15, -0.1) is 0 Å². The standard InChI is InChI=1S/C14H28N2O/c1-5-8-14(3,6-2)13(17)16-10-7-9-15(4)11-12-16/h5-12H2,1-4H3. The lowest BCUT2D eigenvalue weighted by atomic mass is 9.81. The van der Waals surface area contributed by atoms with Crippen molar-refractivity contribution in [1.82, 2.24) is 9.80 Å². The number of rotatable bonds is 4. The lowest BCUT2D eigenvalue weighted by molar-refractivity contribution is -0.141. The van der Waals surface area contributed by atoms with Gasteiger partial charge < -0.3 is 9.80 Å². The molecule has 1 saturated heterocycles. The van der Waals surface area contributed by atoms with E-state index in [1.54, 1.807) is 0 Å². The number of amides is 1. The van der Waals surface area contributed by atoms with Gasteiger partial charge in [-0.3, -0.25) is 4.79 Å². The van der Waals surface area contributed by atoms with Crippen LogP contribution in [0.15, 0.2) is 0 Å². The first-order valence-corrected chi connectivity index (χ1v) is 7.01. The van der Waals surface area contributed by atoms with Crippen molar-refractivity contribution < 1.29 is 4.79 Å². The number of carbonyl (C=O) groups is 1. The van der Waals surface area contributed by atoms with Gasteiger partial charge in [-0.2, -0.15) is 0 Å². The predicted molar refractivity (Wildman–Crippen MR) is 72.0 cm³/mol. The molecule has 3 heteroatoms. The molecule has 0 aromatic rings. The van der Waals surface area contributed by atoms with Crippen molar-refractivity contribution in [1.29, 1.82) is 0 Å². The molecule has 0 saturated carbocycles. The number of likely N-dealkylation sites (N-methyl/N-ethyl adjacent to an activating group) is 1. The van der Waals surface area contributed by atoms with Gasteiger partial charge in [-0.25, -0.2) is 0 Å². The van der Waals surface area contributed by atoms with Crippen molar-refractivity contribution in [3.05, 3.63) is 0 Å². The molecule has 0 N–H and O–H groups in total. The Morgan fingerprint density at radius 3 is 2.47 bits per heavy atom. The van der Waals surface area contributed by atoms with Crippen molar-refractivity contribution >= 4 is 5.91 Å². The van der Waals surface area contributed by atoms with E-state index in [1.165, 1.54) is 0 Å². The van der Waals surface area contributed by atoms with E-state index < -0.39 is 0 Å². The molecule has 1 aliphatic rings. The summed E-state index contributed by atoms with van der Waals surface area (Å²) in [6, 6.07) is 0. The molecule has 0 aromatic heterocycles. The summed E-state index contributed by atoms with van der Waals surface area (Å²) in [6.45, 7) is 10.4. The molecule has 0 radical (unpaired) electrons. The summed E-state index contributed by atoms with van der Waals surface area (Å²) >= 11 is 0. The molecule has 0 aliphatic carbocycles. The molecule has 1 amide bonds. The van der Waals surface area contributed by atoms with Gasteiger partial charge in [0.1, 0.15) is 0 Å².